The van der Waals surface area contributed by atoms with Crippen LogP contribution in [0.2, 0.25) is 0 Å². The van der Waals surface area contributed by atoms with Gasteiger partial charge in [0.15, 0.2) is 0 Å². The number of likely N-dealkylation sites (tertiary alicyclic amines) is 1. The van der Waals surface area contributed by atoms with Crippen LogP contribution in [0.15, 0.2) is 6.07 Å². The zero-order chi connectivity index (χ0) is 15.4. The predicted octanol–water partition coefficient (Wildman–Crippen LogP) is 2.51. The van der Waals surface area contributed by atoms with E-state index in [4.69, 9.17) is 4.74 Å². The Hall–Kier alpha value is -1.65. The van der Waals surface area contributed by atoms with Crippen molar-refractivity contribution in [2.45, 2.75) is 53.1 Å². The Balaban J connectivity index is 1.85. The maximum absolute atomic E-state index is 12.0. The number of aryl methyl sites for hydroxylation is 2. The number of piperidine rings is 1. The number of hydrogen-bond acceptors (Lipinski definition) is 4. The zero-order valence-electron chi connectivity index (χ0n) is 13.4. The fourth-order valence-electron chi connectivity index (χ4n) is 2.62. The summed E-state index contributed by atoms with van der Waals surface area (Å²) in [7, 11) is 0. The third-order valence-electron chi connectivity index (χ3n) is 3.61. The predicted molar refractivity (Wildman–Crippen MR) is 81.2 cm³/mol. The van der Waals surface area contributed by atoms with Gasteiger partial charge < -0.3 is 9.64 Å². The van der Waals surface area contributed by atoms with E-state index >= 15 is 0 Å². The van der Waals surface area contributed by atoms with Gasteiger partial charge in [0.05, 0.1) is 0 Å². The van der Waals surface area contributed by atoms with E-state index < -0.39 is 0 Å². The Kier molecular flexibility index (Phi) is 5.15. The molecule has 0 radical (unpaired) electrons. The van der Waals surface area contributed by atoms with Crippen LogP contribution < -0.4 is 4.74 Å². The molecule has 1 aromatic heterocycles. The molecule has 1 fully saturated rings. The molecule has 1 amide bonds. The summed E-state index contributed by atoms with van der Waals surface area (Å²) in [6, 6.07) is 1.86. The van der Waals surface area contributed by atoms with Gasteiger partial charge >= 0.3 is 0 Å². The van der Waals surface area contributed by atoms with Gasteiger partial charge in [0.2, 0.25) is 11.8 Å². The molecular formula is C16H25N3O2. The molecular weight excluding hydrogens is 266 g/mol. The Morgan fingerprint density at radius 1 is 1.33 bits per heavy atom. The first-order valence-corrected chi connectivity index (χ1v) is 7.70. The van der Waals surface area contributed by atoms with E-state index in [0.717, 1.165) is 37.4 Å². The molecule has 0 bridgehead atoms. The Morgan fingerprint density at radius 3 is 2.57 bits per heavy atom. The van der Waals surface area contributed by atoms with Gasteiger partial charge in [0, 0.05) is 44.1 Å². The molecule has 2 heterocycles. The van der Waals surface area contributed by atoms with Crippen molar-refractivity contribution in [3.63, 3.8) is 0 Å². The van der Waals surface area contributed by atoms with E-state index in [1.54, 1.807) is 0 Å². The summed E-state index contributed by atoms with van der Waals surface area (Å²) >= 11 is 0. The molecule has 1 aromatic rings. The summed E-state index contributed by atoms with van der Waals surface area (Å²) in [4.78, 5) is 22.5. The summed E-state index contributed by atoms with van der Waals surface area (Å²) in [5.74, 6) is 2.05. The number of carbonyl (C=O) groups excluding carboxylic acids is 1. The number of nitrogens with zero attached hydrogens (tertiary/aromatic N) is 3. The van der Waals surface area contributed by atoms with Crippen LogP contribution in [0, 0.1) is 19.8 Å². The van der Waals surface area contributed by atoms with Gasteiger partial charge in [-0.1, -0.05) is 13.8 Å². The SMILES string of the molecule is Cc1cc(OC2CCN(C(=O)CC(C)C)CC2)nc(C)n1. The van der Waals surface area contributed by atoms with Crippen molar-refractivity contribution in [1.29, 1.82) is 0 Å². The summed E-state index contributed by atoms with van der Waals surface area (Å²) in [5, 5.41) is 0. The van der Waals surface area contributed by atoms with Gasteiger partial charge in [-0.2, -0.15) is 4.98 Å². The highest BCUT2D eigenvalue weighted by Crippen LogP contribution is 2.19. The minimum absolute atomic E-state index is 0.141. The summed E-state index contributed by atoms with van der Waals surface area (Å²) in [5.41, 5.74) is 0.919. The number of hydrogen-bond donors (Lipinski definition) is 0. The lowest BCUT2D eigenvalue weighted by molar-refractivity contribution is -0.133. The van der Waals surface area contributed by atoms with Gasteiger partial charge in [-0.05, 0) is 19.8 Å². The first kappa shape index (κ1) is 15.7. The average molecular weight is 291 g/mol. The smallest absolute Gasteiger partial charge is 0.222 e. The largest absolute Gasteiger partial charge is 0.474 e. The number of amides is 1. The summed E-state index contributed by atoms with van der Waals surface area (Å²) < 4.78 is 5.94. The number of carbonyl (C=O) groups is 1. The monoisotopic (exact) mass is 291 g/mol. The number of ether oxygens (including phenoxy) is 1. The van der Waals surface area contributed by atoms with Crippen molar-refractivity contribution >= 4 is 5.91 Å². The maximum Gasteiger partial charge on any atom is 0.222 e. The van der Waals surface area contributed by atoms with Crippen molar-refractivity contribution in [2.75, 3.05) is 13.1 Å². The van der Waals surface area contributed by atoms with Gasteiger partial charge in [-0.25, -0.2) is 4.98 Å². The van der Waals surface area contributed by atoms with Gasteiger partial charge in [-0.3, -0.25) is 4.79 Å². The van der Waals surface area contributed by atoms with E-state index in [1.165, 1.54) is 0 Å². The second-order valence-electron chi connectivity index (χ2n) is 6.19. The maximum atomic E-state index is 12.0. The molecule has 0 N–H and O–H groups in total. The lowest BCUT2D eigenvalue weighted by atomic mass is 10.1. The second kappa shape index (κ2) is 6.87. The normalized spacial score (nSPS) is 16.3. The van der Waals surface area contributed by atoms with Crippen LogP contribution in [0.1, 0.15) is 44.6 Å². The highest BCUT2D eigenvalue weighted by molar-refractivity contribution is 5.76. The molecule has 0 spiro atoms. The minimum Gasteiger partial charge on any atom is -0.474 e. The van der Waals surface area contributed by atoms with Crippen LogP contribution in [-0.4, -0.2) is 40.0 Å². The minimum atomic E-state index is 0.141. The highest BCUT2D eigenvalue weighted by atomic mass is 16.5. The molecule has 2 rings (SSSR count). The number of rotatable bonds is 4. The third kappa shape index (κ3) is 4.69. The van der Waals surface area contributed by atoms with Crippen LogP contribution >= 0.6 is 0 Å². The number of aromatic nitrogens is 2. The fourth-order valence-corrected chi connectivity index (χ4v) is 2.62. The third-order valence-corrected chi connectivity index (χ3v) is 3.61. The van der Waals surface area contributed by atoms with Gasteiger partial charge in [0.1, 0.15) is 11.9 Å². The molecule has 1 aliphatic rings. The Bertz CT molecular complexity index is 474. The van der Waals surface area contributed by atoms with Crippen molar-refractivity contribution in [3.8, 4) is 5.88 Å². The molecule has 0 aromatic carbocycles. The Morgan fingerprint density at radius 2 is 2.00 bits per heavy atom. The van der Waals surface area contributed by atoms with E-state index in [-0.39, 0.29) is 12.0 Å². The van der Waals surface area contributed by atoms with E-state index in [2.05, 4.69) is 23.8 Å². The molecule has 1 aliphatic heterocycles. The molecule has 1 saturated heterocycles. The molecule has 21 heavy (non-hydrogen) atoms. The van der Waals surface area contributed by atoms with Crippen molar-refractivity contribution in [3.05, 3.63) is 17.6 Å². The Labute approximate surface area is 126 Å². The molecule has 5 nitrogen and oxygen atoms in total. The van der Waals surface area contributed by atoms with E-state index in [0.29, 0.717) is 18.2 Å². The topological polar surface area (TPSA) is 55.3 Å². The molecule has 0 saturated carbocycles. The van der Waals surface area contributed by atoms with Crippen LogP contribution in [0.4, 0.5) is 0 Å². The van der Waals surface area contributed by atoms with E-state index in [1.807, 2.05) is 24.8 Å². The van der Waals surface area contributed by atoms with Crippen LogP contribution in [-0.2, 0) is 4.79 Å². The summed E-state index contributed by atoms with van der Waals surface area (Å²) in [6.07, 6.45) is 2.51. The molecule has 0 aliphatic carbocycles. The standard InChI is InChI=1S/C16H25N3O2/c1-11(2)9-16(20)19-7-5-14(6-8-19)21-15-10-12(3)17-13(4)18-15/h10-11,14H,5-9H2,1-4H3. The summed E-state index contributed by atoms with van der Waals surface area (Å²) in [6.45, 7) is 9.52. The first-order chi connectivity index (χ1) is 9.94. The van der Waals surface area contributed by atoms with E-state index in [9.17, 15) is 4.79 Å². The lowest BCUT2D eigenvalue weighted by Crippen LogP contribution is -2.42. The van der Waals surface area contributed by atoms with Crippen LogP contribution in [0.5, 0.6) is 5.88 Å². The highest BCUT2D eigenvalue weighted by Gasteiger charge is 2.24. The molecule has 0 unspecified atom stereocenters. The average Bonchev–Trinajstić information content (AvgIpc) is 2.37. The first-order valence-electron chi connectivity index (χ1n) is 7.70. The lowest BCUT2D eigenvalue weighted by Gasteiger charge is -2.32. The zero-order valence-corrected chi connectivity index (χ0v) is 13.4. The van der Waals surface area contributed by atoms with Gasteiger partial charge in [-0.15, -0.1) is 0 Å². The van der Waals surface area contributed by atoms with Crippen LogP contribution in [0.25, 0.3) is 0 Å². The van der Waals surface area contributed by atoms with Crippen molar-refractivity contribution in [1.82, 2.24) is 14.9 Å². The molecule has 5 heteroatoms. The van der Waals surface area contributed by atoms with Crippen molar-refractivity contribution < 1.29 is 9.53 Å². The van der Waals surface area contributed by atoms with Crippen LogP contribution in [0.3, 0.4) is 0 Å². The van der Waals surface area contributed by atoms with Crippen molar-refractivity contribution in [2.24, 2.45) is 5.92 Å². The quantitative estimate of drug-likeness (QED) is 0.855. The van der Waals surface area contributed by atoms with Gasteiger partial charge in [0.25, 0.3) is 0 Å². The fraction of sp³-hybridized carbons (Fsp3) is 0.688. The molecule has 116 valence electrons. The molecule has 0 atom stereocenters. The second-order valence-corrected chi connectivity index (χ2v) is 6.19.